The van der Waals surface area contributed by atoms with E-state index in [1.165, 1.54) is 11.8 Å². The topological polar surface area (TPSA) is 91.8 Å². The molecule has 1 amide bonds. The van der Waals surface area contributed by atoms with Gasteiger partial charge in [-0.2, -0.15) is 8.42 Å². The van der Waals surface area contributed by atoms with Gasteiger partial charge in [-0.1, -0.05) is 36.4 Å². The van der Waals surface area contributed by atoms with Crippen LogP contribution in [0.2, 0.25) is 0 Å². The van der Waals surface area contributed by atoms with Crippen LogP contribution in [0.5, 0.6) is 5.75 Å². The van der Waals surface area contributed by atoms with Gasteiger partial charge in [0.2, 0.25) is 5.91 Å². The van der Waals surface area contributed by atoms with Crippen LogP contribution in [0.15, 0.2) is 90.1 Å². The van der Waals surface area contributed by atoms with Gasteiger partial charge in [0.25, 0.3) is 0 Å². The van der Waals surface area contributed by atoms with Crippen molar-refractivity contribution in [2.24, 2.45) is 0 Å². The van der Waals surface area contributed by atoms with Crippen molar-refractivity contribution in [1.29, 1.82) is 0 Å². The summed E-state index contributed by atoms with van der Waals surface area (Å²) < 4.78 is 31.7. The molecule has 1 N–H and O–H groups in total. The SMILES string of the molecule is O=C([C@@H]1Cc2ccc(OS(=O)(=O)c3cccc4cnccc34)cc2CN1)N1CCN(c2ccccc2)CC1. The summed E-state index contributed by atoms with van der Waals surface area (Å²) in [6, 6.07) is 21.9. The standard InChI is InChI=1S/C29H28N4O4S/c34-29(33-15-13-32(14-16-33)24-6-2-1-3-7-24)27-18-21-9-10-25(17-23(21)20-31-27)37-38(35,36)28-8-4-5-22-19-30-12-11-26(22)28/h1-12,17,19,27,31H,13-16,18,20H2/t27-/m0/s1. The number of pyridine rings is 1. The number of piperazine rings is 1. The maximum Gasteiger partial charge on any atom is 0.339 e. The van der Waals surface area contributed by atoms with Gasteiger partial charge < -0.3 is 19.3 Å². The lowest BCUT2D eigenvalue weighted by Crippen LogP contribution is -2.55. The van der Waals surface area contributed by atoms with Gasteiger partial charge in [0.15, 0.2) is 0 Å². The summed E-state index contributed by atoms with van der Waals surface area (Å²) in [6.07, 6.45) is 3.74. The fourth-order valence-electron chi connectivity index (χ4n) is 5.24. The molecule has 0 unspecified atom stereocenters. The Kier molecular flexibility index (Phi) is 6.47. The molecule has 2 aliphatic heterocycles. The lowest BCUT2D eigenvalue weighted by molar-refractivity contribution is -0.134. The van der Waals surface area contributed by atoms with Crippen LogP contribution in [0, 0.1) is 0 Å². The van der Waals surface area contributed by atoms with Gasteiger partial charge in [0.05, 0.1) is 6.04 Å². The molecule has 0 spiro atoms. The molecule has 3 aromatic carbocycles. The van der Waals surface area contributed by atoms with Crippen LogP contribution in [0.25, 0.3) is 10.8 Å². The first kappa shape index (κ1) is 24.4. The van der Waals surface area contributed by atoms with Gasteiger partial charge >= 0.3 is 10.1 Å². The quantitative estimate of drug-likeness (QED) is 0.397. The number of rotatable bonds is 5. The Morgan fingerprint density at radius 1 is 0.921 bits per heavy atom. The number of fused-ring (bicyclic) bond motifs is 2. The maximum absolute atomic E-state index is 13.3. The molecule has 1 fully saturated rings. The van der Waals surface area contributed by atoms with Crippen LogP contribution in [0.3, 0.4) is 0 Å². The van der Waals surface area contributed by atoms with Crippen molar-refractivity contribution in [3.63, 3.8) is 0 Å². The van der Waals surface area contributed by atoms with E-state index in [0.29, 0.717) is 31.4 Å². The molecular weight excluding hydrogens is 500 g/mol. The first-order chi connectivity index (χ1) is 18.5. The van der Waals surface area contributed by atoms with Crippen molar-refractivity contribution >= 4 is 32.5 Å². The van der Waals surface area contributed by atoms with Crippen molar-refractivity contribution < 1.29 is 17.4 Å². The maximum atomic E-state index is 13.3. The number of nitrogens with zero attached hydrogens (tertiary/aromatic N) is 3. The van der Waals surface area contributed by atoms with Gasteiger partial charge in [-0.25, -0.2) is 0 Å². The zero-order chi connectivity index (χ0) is 26.1. The number of carbonyl (C=O) groups excluding carboxylic acids is 1. The van der Waals surface area contributed by atoms with E-state index in [-0.39, 0.29) is 22.6 Å². The minimum absolute atomic E-state index is 0.103. The molecule has 1 atom stereocenters. The summed E-state index contributed by atoms with van der Waals surface area (Å²) in [4.78, 5) is 21.7. The highest BCUT2D eigenvalue weighted by atomic mass is 32.2. The molecule has 1 saturated heterocycles. The predicted octanol–water partition coefficient (Wildman–Crippen LogP) is 3.37. The summed E-state index contributed by atoms with van der Waals surface area (Å²) in [5.74, 6) is 0.357. The van der Waals surface area contributed by atoms with Crippen molar-refractivity contribution in [3.05, 3.63) is 96.3 Å². The molecule has 38 heavy (non-hydrogen) atoms. The zero-order valence-electron chi connectivity index (χ0n) is 20.8. The molecule has 0 bridgehead atoms. The Bertz CT molecular complexity index is 1580. The zero-order valence-corrected chi connectivity index (χ0v) is 21.6. The van der Waals surface area contributed by atoms with Crippen molar-refractivity contribution in [1.82, 2.24) is 15.2 Å². The summed E-state index contributed by atoms with van der Waals surface area (Å²) in [5, 5.41) is 4.63. The number of benzene rings is 3. The monoisotopic (exact) mass is 528 g/mol. The van der Waals surface area contributed by atoms with Crippen molar-refractivity contribution in [3.8, 4) is 5.75 Å². The molecule has 0 saturated carbocycles. The molecule has 0 radical (unpaired) electrons. The number of anilines is 1. The first-order valence-electron chi connectivity index (χ1n) is 12.7. The molecule has 8 nitrogen and oxygen atoms in total. The third-order valence-electron chi connectivity index (χ3n) is 7.27. The molecule has 4 aromatic rings. The van der Waals surface area contributed by atoms with Gasteiger partial charge in [-0.3, -0.25) is 9.78 Å². The van der Waals surface area contributed by atoms with E-state index >= 15 is 0 Å². The average molecular weight is 529 g/mol. The number of hydrogen-bond acceptors (Lipinski definition) is 7. The van der Waals surface area contributed by atoms with E-state index in [1.807, 2.05) is 35.2 Å². The van der Waals surface area contributed by atoms with Crippen molar-refractivity contribution in [2.75, 3.05) is 31.1 Å². The van der Waals surface area contributed by atoms with E-state index in [1.54, 1.807) is 36.7 Å². The Balaban J connectivity index is 1.11. The second-order valence-electron chi connectivity index (χ2n) is 9.61. The highest BCUT2D eigenvalue weighted by Gasteiger charge is 2.30. The molecule has 2 aliphatic rings. The largest absolute Gasteiger partial charge is 0.379 e. The Morgan fingerprint density at radius 3 is 2.55 bits per heavy atom. The van der Waals surface area contributed by atoms with E-state index in [2.05, 4.69) is 27.3 Å². The number of amides is 1. The second kappa shape index (κ2) is 10.1. The molecule has 6 rings (SSSR count). The van der Waals surface area contributed by atoms with Crippen LogP contribution < -0.4 is 14.4 Å². The molecule has 0 aliphatic carbocycles. The summed E-state index contributed by atoms with van der Waals surface area (Å²) in [5.41, 5.74) is 3.13. The first-order valence-corrected chi connectivity index (χ1v) is 14.1. The molecule has 9 heteroatoms. The highest BCUT2D eigenvalue weighted by molar-refractivity contribution is 7.87. The highest BCUT2D eigenvalue weighted by Crippen LogP contribution is 2.28. The van der Waals surface area contributed by atoms with Crippen LogP contribution in [0.1, 0.15) is 11.1 Å². The molecule has 3 heterocycles. The summed E-state index contributed by atoms with van der Waals surface area (Å²) >= 11 is 0. The second-order valence-corrected chi connectivity index (χ2v) is 11.1. The van der Waals surface area contributed by atoms with Gasteiger partial charge in [0.1, 0.15) is 10.6 Å². The molecule has 1 aromatic heterocycles. The van der Waals surface area contributed by atoms with E-state index in [0.717, 1.165) is 29.6 Å². The van der Waals surface area contributed by atoms with Gasteiger partial charge in [0, 0.05) is 61.6 Å². The third-order valence-corrected chi connectivity index (χ3v) is 8.57. The lowest BCUT2D eigenvalue weighted by Gasteiger charge is -2.38. The minimum atomic E-state index is -4.04. The normalized spacial score (nSPS) is 17.7. The summed E-state index contributed by atoms with van der Waals surface area (Å²) in [6.45, 7) is 3.46. The van der Waals surface area contributed by atoms with Gasteiger partial charge in [-0.15, -0.1) is 0 Å². The number of para-hydroxylation sites is 1. The van der Waals surface area contributed by atoms with Crippen LogP contribution in [-0.2, 0) is 27.9 Å². The smallest absolute Gasteiger partial charge is 0.339 e. The Hall–Kier alpha value is -3.95. The van der Waals surface area contributed by atoms with E-state index < -0.39 is 10.1 Å². The third kappa shape index (κ3) is 4.82. The van der Waals surface area contributed by atoms with Gasteiger partial charge in [-0.05, 0) is 53.9 Å². The molecular formula is C29H28N4O4S. The minimum Gasteiger partial charge on any atom is -0.379 e. The van der Waals surface area contributed by atoms with Crippen molar-refractivity contribution in [2.45, 2.75) is 23.9 Å². The van der Waals surface area contributed by atoms with Crippen LogP contribution in [0.4, 0.5) is 5.69 Å². The fraction of sp³-hybridized carbons (Fsp3) is 0.241. The molecule has 194 valence electrons. The Labute approximate surface area is 222 Å². The lowest BCUT2D eigenvalue weighted by atomic mass is 9.94. The average Bonchev–Trinajstić information content (AvgIpc) is 2.96. The summed E-state index contributed by atoms with van der Waals surface area (Å²) in [7, 11) is -4.04. The van der Waals surface area contributed by atoms with Crippen LogP contribution in [-0.4, -0.2) is 56.4 Å². The van der Waals surface area contributed by atoms with E-state index in [9.17, 15) is 13.2 Å². The number of nitrogens with one attached hydrogen (secondary N) is 1. The fourth-order valence-corrected chi connectivity index (χ4v) is 6.39. The van der Waals surface area contributed by atoms with E-state index in [4.69, 9.17) is 4.18 Å². The number of hydrogen-bond donors (Lipinski definition) is 1. The predicted molar refractivity (Wildman–Crippen MR) is 146 cm³/mol. The Morgan fingerprint density at radius 2 is 1.74 bits per heavy atom. The number of aromatic nitrogens is 1. The van der Waals surface area contributed by atoms with Crippen LogP contribution >= 0.6 is 0 Å². The number of carbonyl (C=O) groups is 1.